The maximum atomic E-state index is 9.94. The van der Waals surface area contributed by atoms with Crippen molar-refractivity contribution in [1.29, 1.82) is 0 Å². The van der Waals surface area contributed by atoms with Crippen LogP contribution in [-0.4, -0.2) is 17.3 Å². The van der Waals surface area contributed by atoms with E-state index in [-0.39, 0.29) is 0 Å². The molecule has 0 saturated carbocycles. The summed E-state index contributed by atoms with van der Waals surface area (Å²) in [5.41, 5.74) is -0.217. The Bertz CT molecular complexity index is 294. The molecule has 0 aliphatic carbocycles. The Morgan fingerprint density at radius 2 is 1.85 bits per heavy atom. The first-order chi connectivity index (χ1) is 6.06. The van der Waals surface area contributed by atoms with Crippen LogP contribution in [0.25, 0.3) is 0 Å². The zero-order valence-corrected chi connectivity index (χ0v) is 7.95. The minimum absolute atomic E-state index is 0.464. The van der Waals surface area contributed by atoms with E-state index in [2.05, 4.69) is 0 Å². The fourth-order valence-corrected chi connectivity index (χ4v) is 1.65. The topological polar surface area (TPSA) is 32.8 Å². The zero-order valence-electron chi connectivity index (χ0n) is 7.95. The summed E-state index contributed by atoms with van der Waals surface area (Å²) >= 11 is 0. The van der Waals surface area contributed by atoms with Gasteiger partial charge in [0.15, 0.2) is 0 Å². The number of epoxide rings is 1. The zero-order chi connectivity index (χ0) is 9.53. The molecule has 2 heteroatoms. The Kier molecular flexibility index (Phi) is 1.72. The van der Waals surface area contributed by atoms with Crippen LogP contribution in [0, 0.1) is 0 Å². The number of hydrogen-bond acceptors (Lipinski definition) is 2. The van der Waals surface area contributed by atoms with E-state index >= 15 is 0 Å². The Hall–Kier alpha value is -0.860. The largest absolute Gasteiger partial charge is 0.387 e. The van der Waals surface area contributed by atoms with E-state index in [1.807, 2.05) is 30.3 Å². The van der Waals surface area contributed by atoms with E-state index in [9.17, 15) is 5.11 Å². The summed E-state index contributed by atoms with van der Waals surface area (Å²) in [6, 6.07) is 9.87. The van der Waals surface area contributed by atoms with Gasteiger partial charge in [-0.15, -0.1) is 0 Å². The Labute approximate surface area is 78.2 Å². The van der Waals surface area contributed by atoms with E-state index in [0.29, 0.717) is 6.61 Å². The molecule has 13 heavy (non-hydrogen) atoms. The Morgan fingerprint density at radius 3 is 2.23 bits per heavy atom. The molecule has 70 valence electrons. The summed E-state index contributed by atoms with van der Waals surface area (Å²) in [4.78, 5) is 0. The number of hydrogen-bond donors (Lipinski definition) is 1. The first-order valence-electron chi connectivity index (χ1n) is 4.48. The molecular weight excluding hydrogens is 164 g/mol. The van der Waals surface area contributed by atoms with Gasteiger partial charge < -0.3 is 9.84 Å². The van der Waals surface area contributed by atoms with Crippen molar-refractivity contribution in [1.82, 2.24) is 0 Å². The first kappa shape index (κ1) is 8.73. The molecule has 0 spiro atoms. The minimum Gasteiger partial charge on any atom is -0.387 e. The summed E-state index contributed by atoms with van der Waals surface area (Å²) in [7, 11) is 0. The lowest BCUT2D eigenvalue weighted by atomic mass is 9.85. The number of ether oxygens (including phenoxy) is 1. The van der Waals surface area contributed by atoms with E-state index in [1.165, 1.54) is 0 Å². The molecule has 0 amide bonds. The third-order valence-electron chi connectivity index (χ3n) is 2.66. The maximum absolute atomic E-state index is 9.94. The van der Waals surface area contributed by atoms with Gasteiger partial charge in [0.1, 0.15) is 5.60 Å². The summed E-state index contributed by atoms with van der Waals surface area (Å²) in [5.74, 6) is 0. The van der Waals surface area contributed by atoms with E-state index < -0.39 is 11.2 Å². The fourth-order valence-electron chi connectivity index (χ4n) is 1.65. The molecular formula is C11H14O2. The first-order valence-corrected chi connectivity index (χ1v) is 4.48. The molecule has 2 nitrogen and oxygen atoms in total. The van der Waals surface area contributed by atoms with Gasteiger partial charge in [-0.25, -0.2) is 0 Å². The van der Waals surface area contributed by atoms with E-state index in [4.69, 9.17) is 4.74 Å². The summed E-state index contributed by atoms with van der Waals surface area (Å²) < 4.78 is 5.40. The van der Waals surface area contributed by atoms with Gasteiger partial charge in [0.25, 0.3) is 0 Å². The molecule has 0 bridgehead atoms. The lowest BCUT2D eigenvalue weighted by Crippen LogP contribution is -2.37. The molecule has 1 aromatic carbocycles. The second-order valence-corrected chi connectivity index (χ2v) is 4.04. The normalized spacial score (nSPS) is 27.3. The van der Waals surface area contributed by atoms with E-state index in [0.717, 1.165) is 5.56 Å². The van der Waals surface area contributed by atoms with Gasteiger partial charge >= 0.3 is 0 Å². The van der Waals surface area contributed by atoms with Crippen molar-refractivity contribution in [2.24, 2.45) is 0 Å². The van der Waals surface area contributed by atoms with Crippen LogP contribution in [-0.2, 0) is 10.3 Å². The summed E-state index contributed by atoms with van der Waals surface area (Å²) in [6.45, 7) is 4.18. The highest BCUT2D eigenvalue weighted by Gasteiger charge is 2.57. The van der Waals surface area contributed by atoms with Gasteiger partial charge in [-0.2, -0.15) is 0 Å². The molecule has 1 N–H and O–H groups in total. The lowest BCUT2D eigenvalue weighted by molar-refractivity contribution is -0.00829. The quantitative estimate of drug-likeness (QED) is 0.699. The van der Waals surface area contributed by atoms with Crippen molar-refractivity contribution in [3.8, 4) is 0 Å². The van der Waals surface area contributed by atoms with Crippen LogP contribution in [0.2, 0.25) is 0 Å². The predicted molar refractivity (Wildman–Crippen MR) is 50.4 cm³/mol. The average Bonchev–Trinajstić information content (AvgIpc) is 2.84. The minimum atomic E-state index is -0.811. The van der Waals surface area contributed by atoms with Crippen molar-refractivity contribution < 1.29 is 9.84 Å². The SMILES string of the molecule is CC(C)(O)[C@]1(c2ccccc2)CO1. The fraction of sp³-hybridized carbons (Fsp3) is 0.455. The van der Waals surface area contributed by atoms with Crippen LogP contribution >= 0.6 is 0 Å². The highest BCUT2D eigenvalue weighted by Crippen LogP contribution is 2.47. The van der Waals surface area contributed by atoms with Crippen molar-refractivity contribution in [2.45, 2.75) is 25.0 Å². The van der Waals surface area contributed by atoms with Gasteiger partial charge in [0, 0.05) is 0 Å². The molecule has 1 aliphatic rings. The highest BCUT2D eigenvalue weighted by molar-refractivity contribution is 5.30. The molecule has 0 aromatic heterocycles. The smallest absolute Gasteiger partial charge is 0.144 e. The second kappa shape index (κ2) is 2.56. The third-order valence-corrected chi connectivity index (χ3v) is 2.66. The molecule has 0 unspecified atom stereocenters. The number of benzene rings is 1. The lowest BCUT2D eigenvalue weighted by Gasteiger charge is -2.26. The van der Waals surface area contributed by atoms with Gasteiger partial charge in [-0.1, -0.05) is 30.3 Å². The van der Waals surface area contributed by atoms with Crippen molar-refractivity contribution >= 4 is 0 Å². The van der Waals surface area contributed by atoms with Gasteiger partial charge in [0.05, 0.1) is 12.2 Å². The second-order valence-electron chi connectivity index (χ2n) is 4.04. The monoisotopic (exact) mass is 178 g/mol. The molecule has 1 aromatic rings. The third kappa shape index (κ3) is 1.26. The summed E-state index contributed by atoms with van der Waals surface area (Å²) in [5, 5.41) is 9.94. The van der Waals surface area contributed by atoms with Crippen LogP contribution in [0.4, 0.5) is 0 Å². The van der Waals surface area contributed by atoms with Crippen LogP contribution in [0.5, 0.6) is 0 Å². The Morgan fingerprint density at radius 1 is 1.31 bits per heavy atom. The van der Waals surface area contributed by atoms with Crippen LogP contribution < -0.4 is 0 Å². The maximum Gasteiger partial charge on any atom is 0.144 e. The molecule has 1 atom stereocenters. The Balaban J connectivity index is 2.37. The van der Waals surface area contributed by atoms with Gasteiger partial charge in [0.2, 0.25) is 0 Å². The standard InChI is InChI=1S/C11H14O2/c1-10(2,12)11(8-13-11)9-6-4-3-5-7-9/h3-7,12H,8H2,1-2H3/t11-/m1/s1. The van der Waals surface area contributed by atoms with Crippen LogP contribution in [0.1, 0.15) is 19.4 Å². The summed E-state index contributed by atoms with van der Waals surface area (Å²) in [6.07, 6.45) is 0. The molecule has 0 radical (unpaired) electrons. The van der Waals surface area contributed by atoms with Crippen molar-refractivity contribution in [3.05, 3.63) is 35.9 Å². The molecule has 2 rings (SSSR count). The van der Waals surface area contributed by atoms with Crippen LogP contribution in [0.3, 0.4) is 0 Å². The molecule has 1 saturated heterocycles. The molecule has 1 aliphatic heterocycles. The van der Waals surface area contributed by atoms with Crippen molar-refractivity contribution in [2.75, 3.05) is 6.61 Å². The average molecular weight is 178 g/mol. The van der Waals surface area contributed by atoms with Crippen LogP contribution in [0.15, 0.2) is 30.3 Å². The number of aliphatic hydroxyl groups is 1. The predicted octanol–water partition coefficient (Wildman–Crippen LogP) is 1.68. The number of rotatable bonds is 2. The molecule has 1 heterocycles. The molecule has 1 fully saturated rings. The van der Waals surface area contributed by atoms with E-state index in [1.54, 1.807) is 13.8 Å². The van der Waals surface area contributed by atoms with Gasteiger partial charge in [-0.05, 0) is 19.4 Å². The van der Waals surface area contributed by atoms with Crippen molar-refractivity contribution in [3.63, 3.8) is 0 Å². The highest BCUT2D eigenvalue weighted by atomic mass is 16.6. The van der Waals surface area contributed by atoms with Gasteiger partial charge in [-0.3, -0.25) is 0 Å².